The number of phenols is 2. The number of carbonyl (C=O) groups excluding carboxylic acids is 1. The number of hydrogen-bond acceptors (Lipinski definition) is 5. The van der Waals surface area contributed by atoms with E-state index in [0.717, 1.165) is 18.8 Å². The van der Waals surface area contributed by atoms with Gasteiger partial charge < -0.3 is 20.4 Å². The van der Waals surface area contributed by atoms with Gasteiger partial charge in [0.1, 0.15) is 17.3 Å². The minimum absolute atomic E-state index is 0.00914. The molecule has 3 aromatic rings. The van der Waals surface area contributed by atoms with Crippen LogP contribution in [0, 0.1) is 0 Å². The monoisotopic (exact) mass is 364 g/mol. The fourth-order valence-corrected chi connectivity index (χ4v) is 3.24. The number of aromatic hydroxyl groups is 2. The van der Waals surface area contributed by atoms with Gasteiger partial charge in [-0.2, -0.15) is 0 Å². The summed E-state index contributed by atoms with van der Waals surface area (Å²) in [5.41, 5.74) is 1.99. The first-order valence-corrected chi connectivity index (χ1v) is 8.79. The molecule has 0 atom stereocenters. The predicted molar refractivity (Wildman–Crippen MR) is 101 cm³/mol. The maximum absolute atomic E-state index is 12.6. The highest BCUT2D eigenvalue weighted by atomic mass is 16.3. The SMILES string of the molecule is O=C(c1ccc(-n2ccnc2-c2ccc(O)cc2O)cc1)N1CCNCC1. The molecule has 1 amide bonds. The number of piperazine rings is 1. The van der Waals surface area contributed by atoms with E-state index in [-0.39, 0.29) is 17.4 Å². The average Bonchev–Trinajstić information content (AvgIpc) is 3.18. The standard InChI is InChI=1S/C20H20N4O3/c25-16-5-6-17(18(26)13-16)19-22-9-12-24(19)15-3-1-14(2-4-15)20(27)23-10-7-21-8-11-23/h1-6,9,12-13,21,25-26H,7-8,10-11H2. The summed E-state index contributed by atoms with van der Waals surface area (Å²) in [4.78, 5) is 18.8. The Morgan fingerprint density at radius 2 is 1.78 bits per heavy atom. The van der Waals surface area contributed by atoms with Gasteiger partial charge in [0.15, 0.2) is 0 Å². The first-order valence-electron chi connectivity index (χ1n) is 8.79. The minimum Gasteiger partial charge on any atom is -0.508 e. The molecule has 1 fully saturated rings. The highest BCUT2D eigenvalue weighted by Crippen LogP contribution is 2.32. The lowest BCUT2D eigenvalue weighted by Gasteiger charge is -2.27. The number of nitrogens with one attached hydrogen (secondary N) is 1. The lowest BCUT2D eigenvalue weighted by Crippen LogP contribution is -2.46. The number of carbonyl (C=O) groups is 1. The zero-order valence-corrected chi connectivity index (χ0v) is 14.7. The minimum atomic E-state index is -0.0482. The third-order valence-electron chi connectivity index (χ3n) is 4.66. The third kappa shape index (κ3) is 3.37. The van der Waals surface area contributed by atoms with Gasteiger partial charge in [0.05, 0.1) is 5.56 Å². The topological polar surface area (TPSA) is 90.6 Å². The molecule has 27 heavy (non-hydrogen) atoms. The van der Waals surface area contributed by atoms with Crippen molar-refractivity contribution in [1.82, 2.24) is 19.8 Å². The first-order chi connectivity index (χ1) is 13.1. The smallest absolute Gasteiger partial charge is 0.253 e. The van der Waals surface area contributed by atoms with Gasteiger partial charge in [0.25, 0.3) is 5.91 Å². The summed E-state index contributed by atoms with van der Waals surface area (Å²) in [7, 11) is 0. The molecule has 1 aliphatic rings. The van der Waals surface area contributed by atoms with E-state index in [1.807, 2.05) is 21.6 Å². The van der Waals surface area contributed by atoms with Crippen molar-refractivity contribution in [3.63, 3.8) is 0 Å². The number of rotatable bonds is 3. The van der Waals surface area contributed by atoms with Gasteiger partial charge in [-0.25, -0.2) is 4.98 Å². The number of hydrogen-bond donors (Lipinski definition) is 3. The van der Waals surface area contributed by atoms with Crippen LogP contribution in [-0.2, 0) is 0 Å². The Balaban J connectivity index is 1.62. The normalized spacial score (nSPS) is 14.3. The Bertz CT molecular complexity index is 960. The van der Waals surface area contributed by atoms with E-state index in [9.17, 15) is 15.0 Å². The maximum Gasteiger partial charge on any atom is 0.253 e. The van der Waals surface area contributed by atoms with Crippen molar-refractivity contribution in [3.05, 3.63) is 60.4 Å². The molecule has 0 saturated carbocycles. The van der Waals surface area contributed by atoms with E-state index < -0.39 is 0 Å². The Kier molecular flexibility index (Phi) is 4.52. The van der Waals surface area contributed by atoms with E-state index in [1.54, 1.807) is 30.6 Å². The average molecular weight is 364 g/mol. The third-order valence-corrected chi connectivity index (χ3v) is 4.66. The van der Waals surface area contributed by atoms with Crippen LogP contribution in [0.2, 0.25) is 0 Å². The van der Waals surface area contributed by atoms with E-state index in [2.05, 4.69) is 10.3 Å². The summed E-state index contributed by atoms with van der Waals surface area (Å²) in [5, 5.41) is 22.8. The molecule has 4 rings (SSSR count). The number of aromatic nitrogens is 2. The van der Waals surface area contributed by atoms with Crippen molar-refractivity contribution in [1.29, 1.82) is 0 Å². The van der Waals surface area contributed by atoms with Crippen LogP contribution in [0.4, 0.5) is 0 Å². The van der Waals surface area contributed by atoms with Crippen LogP contribution >= 0.6 is 0 Å². The Hall–Kier alpha value is -3.32. The van der Waals surface area contributed by atoms with E-state index in [0.29, 0.717) is 30.0 Å². The summed E-state index contributed by atoms with van der Waals surface area (Å²) >= 11 is 0. The zero-order valence-electron chi connectivity index (χ0n) is 14.7. The lowest BCUT2D eigenvalue weighted by atomic mass is 10.1. The van der Waals surface area contributed by atoms with E-state index in [1.165, 1.54) is 12.1 Å². The van der Waals surface area contributed by atoms with Crippen molar-refractivity contribution in [3.8, 4) is 28.6 Å². The molecular weight excluding hydrogens is 344 g/mol. The molecule has 0 unspecified atom stereocenters. The van der Waals surface area contributed by atoms with Crippen LogP contribution in [0.15, 0.2) is 54.9 Å². The van der Waals surface area contributed by atoms with Crippen LogP contribution in [0.5, 0.6) is 11.5 Å². The molecule has 7 heteroatoms. The van der Waals surface area contributed by atoms with Crippen molar-refractivity contribution in [2.45, 2.75) is 0 Å². The highest BCUT2D eigenvalue weighted by molar-refractivity contribution is 5.94. The second kappa shape index (κ2) is 7.13. The summed E-state index contributed by atoms with van der Waals surface area (Å²) in [6, 6.07) is 11.7. The summed E-state index contributed by atoms with van der Waals surface area (Å²) < 4.78 is 1.82. The van der Waals surface area contributed by atoms with Crippen LogP contribution in [-0.4, -0.2) is 56.8 Å². The molecule has 1 aliphatic heterocycles. The lowest BCUT2D eigenvalue weighted by molar-refractivity contribution is 0.0736. The Labute approximate surface area is 156 Å². The Morgan fingerprint density at radius 3 is 2.48 bits per heavy atom. The summed E-state index contributed by atoms with van der Waals surface area (Å²) in [6.45, 7) is 3.06. The Morgan fingerprint density at radius 1 is 1.04 bits per heavy atom. The number of imidazole rings is 1. The first kappa shape index (κ1) is 17.1. The fourth-order valence-electron chi connectivity index (χ4n) is 3.24. The van der Waals surface area contributed by atoms with Gasteiger partial charge >= 0.3 is 0 Å². The highest BCUT2D eigenvalue weighted by Gasteiger charge is 2.18. The van der Waals surface area contributed by atoms with Gasteiger partial charge in [-0.1, -0.05) is 0 Å². The van der Waals surface area contributed by atoms with Crippen LogP contribution < -0.4 is 5.32 Å². The van der Waals surface area contributed by atoms with Gasteiger partial charge in [-0.05, 0) is 36.4 Å². The molecule has 138 valence electrons. The van der Waals surface area contributed by atoms with Gasteiger partial charge in [-0.15, -0.1) is 0 Å². The van der Waals surface area contributed by atoms with Crippen LogP contribution in [0.3, 0.4) is 0 Å². The maximum atomic E-state index is 12.6. The van der Waals surface area contributed by atoms with Crippen LogP contribution in [0.25, 0.3) is 17.1 Å². The summed E-state index contributed by atoms with van der Waals surface area (Å²) in [5.74, 6) is 0.525. The van der Waals surface area contributed by atoms with Gasteiger partial charge in [0.2, 0.25) is 0 Å². The molecule has 0 radical (unpaired) electrons. The van der Waals surface area contributed by atoms with Crippen molar-refractivity contribution >= 4 is 5.91 Å². The number of benzene rings is 2. The molecule has 0 bridgehead atoms. The van der Waals surface area contributed by atoms with E-state index in [4.69, 9.17) is 0 Å². The molecule has 3 N–H and O–H groups in total. The van der Waals surface area contributed by atoms with Gasteiger partial charge in [-0.3, -0.25) is 9.36 Å². The van der Waals surface area contributed by atoms with Crippen molar-refractivity contribution in [2.75, 3.05) is 26.2 Å². The summed E-state index contributed by atoms with van der Waals surface area (Å²) in [6.07, 6.45) is 3.43. The second-order valence-electron chi connectivity index (χ2n) is 6.41. The largest absolute Gasteiger partial charge is 0.508 e. The van der Waals surface area contributed by atoms with Crippen molar-refractivity contribution < 1.29 is 15.0 Å². The van der Waals surface area contributed by atoms with Gasteiger partial charge in [0, 0.05) is 55.9 Å². The predicted octanol–water partition coefficient (Wildman–Crippen LogP) is 2.00. The number of phenolic OH excluding ortho intramolecular Hbond substituents is 2. The molecular formula is C20H20N4O3. The molecule has 2 heterocycles. The quantitative estimate of drug-likeness (QED) is 0.661. The fraction of sp³-hybridized carbons (Fsp3) is 0.200. The molecule has 1 saturated heterocycles. The molecule has 7 nitrogen and oxygen atoms in total. The van der Waals surface area contributed by atoms with E-state index >= 15 is 0 Å². The molecule has 1 aromatic heterocycles. The number of nitrogens with zero attached hydrogens (tertiary/aromatic N) is 3. The zero-order chi connectivity index (χ0) is 18.8. The molecule has 0 aliphatic carbocycles. The van der Waals surface area contributed by atoms with Crippen LogP contribution in [0.1, 0.15) is 10.4 Å². The number of amides is 1. The second-order valence-corrected chi connectivity index (χ2v) is 6.41. The van der Waals surface area contributed by atoms with Crippen molar-refractivity contribution in [2.24, 2.45) is 0 Å². The molecule has 2 aromatic carbocycles. The molecule has 0 spiro atoms.